The van der Waals surface area contributed by atoms with Crippen LogP contribution < -0.4 is 5.32 Å². The van der Waals surface area contributed by atoms with Gasteiger partial charge in [-0.2, -0.15) is 0 Å². The molecule has 0 radical (unpaired) electrons. The number of anilines is 2. The number of amides is 1. The van der Waals surface area contributed by atoms with Crippen molar-refractivity contribution in [3.05, 3.63) is 47.8 Å². The second-order valence-corrected chi connectivity index (χ2v) is 6.42. The minimum Gasteiger partial charge on any atom is -0.347 e. The van der Waals surface area contributed by atoms with Crippen molar-refractivity contribution in [3.63, 3.8) is 0 Å². The van der Waals surface area contributed by atoms with E-state index in [-0.39, 0.29) is 17.5 Å². The normalized spacial score (nSPS) is 18.7. The third-order valence-electron chi connectivity index (χ3n) is 4.72. The summed E-state index contributed by atoms with van der Waals surface area (Å²) in [5.41, 5.74) is -0.0340. The van der Waals surface area contributed by atoms with Gasteiger partial charge in [-0.3, -0.25) is 4.79 Å². The van der Waals surface area contributed by atoms with Gasteiger partial charge in [0, 0.05) is 38.3 Å². The summed E-state index contributed by atoms with van der Waals surface area (Å²) in [4.78, 5) is 22.3. The van der Waals surface area contributed by atoms with E-state index in [9.17, 15) is 13.6 Å². The van der Waals surface area contributed by atoms with E-state index in [1.54, 1.807) is 4.90 Å². The number of nitrogens with one attached hydrogen (secondary N) is 1. The molecule has 1 aromatic carbocycles. The van der Waals surface area contributed by atoms with Gasteiger partial charge in [-0.15, -0.1) is 0 Å². The highest BCUT2D eigenvalue weighted by Gasteiger charge is 2.40. The van der Waals surface area contributed by atoms with E-state index in [4.69, 9.17) is 9.47 Å². The second-order valence-electron chi connectivity index (χ2n) is 6.42. The maximum atomic E-state index is 13.7. The molecule has 1 spiro atoms. The Morgan fingerprint density at radius 1 is 1.07 bits per heavy atom. The van der Waals surface area contributed by atoms with Crippen molar-refractivity contribution in [1.82, 2.24) is 14.9 Å². The summed E-state index contributed by atoms with van der Waals surface area (Å²) in [5.74, 6) is -2.26. The topological polar surface area (TPSA) is 76.6 Å². The number of rotatable bonds is 3. The number of para-hydroxylation sites is 1. The Labute approximate surface area is 154 Å². The standard InChI is InChI=1S/C18H18F2N4O3/c19-13-2-1-3-14(20)15(13)23-17-21-10-12(11-22-17)16(25)24-6-4-18(5-7-24)26-8-9-27-18/h1-3,10-11H,4-9H2,(H,21,22,23). The third-order valence-corrected chi connectivity index (χ3v) is 4.72. The van der Waals surface area contributed by atoms with Crippen molar-refractivity contribution >= 4 is 17.5 Å². The minimum atomic E-state index is -0.752. The van der Waals surface area contributed by atoms with E-state index in [2.05, 4.69) is 15.3 Å². The molecule has 2 aliphatic rings. The van der Waals surface area contributed by atoms with Crippen LogP contribution in [0.15, 0.2) is 30.6 Å². The average molecular weight is 376 g/mol. The lowest BCUT2D eigenvalue weighted by molar-refractivity contribution is -0.181. The van der Waals surface area contributed by atoms with Gasteiger partial charge in [0.15, 0.2) is 5.79 Å². The summed E-state index contributed by atoms with van der Waals surface area (Å²) in [6.45, 7) is 2.19. The molecule has 2 saturated heterocycles. The van der Waals surface area contributed by atoms with Crippen molar-refractivity contribution in [2.75, 3.05) is 31.6 Å². The third kappa shape index (κ3) is 3.60. The zero-order valence-corrected chi connectivity index (χ0v) is 14.5. The van der Waals surface area contributed by atoms with Gasteiger partial charge in [-0.1, -0.05) is 6.07 Å². The minimum absolute atomic E-state index is 0.000836. The molecule has 0 unspecified atom stereocenters. The van der Waals surface area contributed by atoms with E-state index in [0.717, 1.165) is 12.1 Å². The molecule has 2 aliphatic heterocycles. The van der Waals surface area contributed by atoms with Gasteiger partial charge in [-0.05, 0) is 12.1 Å². The molecule has 0 saturated carbocycles. The first-order chi connectivity index (χ1) is 13.1. The number of ether oxygens (including phenoxy) is 2. The Morgan fingerprint density at radius 2 is 1.67 bits per heavy atom. The van der Waals surface area contributed by atoms with Crippen LogP contribution in [0.4, 0.5) is 20.4 Å². The molecule has 0 bridgehead atoms. The highest BCUT2D eigenvalue weighted by molar-refractivity contribution is 5.93. The zero-order valence-electron chi connectivity index (χ0n) is 14.5. The largest absolute Gasteiger partial charge is 0.347 e. The Bertz CT molecular complexity index is 811. The van der Waals surface area contributed by atoms with Gasteiger partial charge in [-0.25, -0.2) is 18.7 Å². The fraction of sp³-hybridized carbons (Fsp3) is 0.389. The van der Waals surface area contributed by atoms with Gasteiger partial charge in [0.1, 0.15) is 17.3 Å². The van der Waals surface area contributed by atoms with E-state index in [1.165, 1.54) is 18.5 Å². The predicted octanol–water partition coefficient (Wildman–Crippen LogP) is 2.48. The lowest BCUT2D eigenvalue weighted by Crippen LogP contribution is -2.47. The van der Waals surface area contributed by atoms with Crippen LogP contribution in [0, 0.1) is 11.6 Å². The van der Waals surface area contributed by atoms with Crippen LogP contribution in [0.5, 0.6) is 0 Å². The maximum Gasteiger partial charge on any atom is 0.256 e. The first-order valence-electron chi connectivity index (χ1n) is 8.67. The summed E-state index contributed by atoms with van der Waals surface area (Å²) in [5, 5.41) is 2.49. The lowest BCUT2D eigenvalue weighted by Gasteiger charge is -2.37. The number of carbonyl (C=O) groups is 1. The number of likely N-dealkylation sites (tertiary alicyclic amines) is 1. The predicted molar refractivity (Wildman–Crippen MR) is 91.4 cm³/mol. The average Bonchev–Trinajstić information content (AvgIpc) is 3.13. The number of halogens is 2. The molecule has 142 valence electrons. The summed E-state index contributed by atoms with van der Waals surface area (Å²) < 4.78 is 38.7. The summed E-state index contributed by atoms with van der Waals surface area (Å²) in [6, 6.07) is 3.53. The molecule has 1 amide bonds. The number of aromatic nitrogens is 2. The monoisotopic (exact) mass is 376 g/mol. The van der Waals surface area contributed by atoms with Crippen molar-refractivity contribution < 1.29 is 23.0 Å². The molecular weight excluding hydrogens is 358 g/mol. The van der Waals surface area contributed by atoms with E-state index < -0.39 is 17.4 Å². The van der Waals surface area contributed by atoms with Gasteiger partial charge >= 0.3 is 0 Å². The molecule has 9 heteroatoms. The summed E-state index contributed by atoms with van der Waals surface area (Å²) in [7, 11) is 0. The molecule has 1 aromatic heterocycles. The Hall–Kier alpha value is -2.65. The summed E-state index contributed by atoms with van der Waals surface area (Å²) in [6.07, 6.45) is 3.91. The molecule has 2 fully saturated rings. The smallest absolute Gasteiger partial charge is 0.256 e. The molecule has 2 aromatic rings. The van der Waals surface area contributed by atoms with Crippen LogP contribution in [0.25, 0.3) is 0 Å². The quantitative estimate of drug-likeness (QED) is 0.887. The lowest BCUT2D eigenvalue weighted by atomic mass is 10.0. The van der Waals surface area contributed by atoms with Crippen molar-refractivity contribution in [2.24, 2.45) is 0 Å². The number of benzene rings is 1. The van der Waals surface area contributed by atoms with Crippen molar-refractivity contribution in [3.8, 4) is 0 Å². The van der Waals surface area contributed by atoms with Crippen LogP contribution in [0.2, 0.25) is 0 Å². The molecule has 0 aliphatic carbocycles. The van der Waals surface area contributed by atoms with Gasteiger partial charge in [0.05, 0.1) is 18.8 Å². The molecule has 4 rings (SSSR count). The fourth-order valence-corrected chi connectivity index (χ4v) is 3.25. The maximum absolute atomic E-state index is 13.7. The van der Waals surface area contributed by atoms with E-state index >= 15 is 0 Å². The zero-order chi connectivity index (χ0) is 18.9. The molecule has 1 N–H and O–H groups in total. The Balaban J connectivity index is 1.41. The number of carbonyl (C=O) groups excluding carboxylic acids is 1. The van der Waals surface area contributed by atoms with Crippen LogP contribution in [-0.2, 0) is 9.47 Å². The molecule has 27 heavy (non-hydrogen) atoms. The van der Waals surface area contributed by atoms with Crippen molar-refractivity contribution in [2.45, 2.75) is 18.6 Å². The van der Waals surface area contributed by atoms with E-state index in [0.29, 0.717) is 44.7 Å². The van der Waals surface area contributed by atoms with Gasteiger partial charge in [0.2, 0.25) is 5.95 Å². The van der Waals surface area contributed by atoms with Gasteiger partial charge in [0.25, 0.3) is 5.91 Å². The van der Waals surface area contributed by atoms with Crippen LogP contribution in [0.3, 0.4) is 0 Å². The summed E-state index contributed by atoms with van der Waals surface area (Å²) >= 11 is 0. The highest BCUT2D eigenvalue weighted by atomic mass is 19.1. The fourth-order valence-electron chi connectivity index (χ4n) is 3.25. The van der Waals surface area contributed by atoms with Gasteiger partial charge < -0.3 is 19.7 Å². The first kappa shape index (κ1) is 17.7. The second kappa shape index (κ2) is 7.16. The van der Waals surface area contributed by atoms with Crippen LogP contribution in [-0.4, -0.2) is 52.9 Å². The molecular formula is C18H18F2N4O3. The van der Waals surface area contributed by atoms with Crippen LogP contribution >= 0.6 is 0 Å². The Morgan fingerprint density at radius 3 is 2.26 bits per heavy atom. The number of piperidine rings is 1. The van der Waals surface area contributed by atoms with Crippen LogP contribution in [0.1, 0.15) is 23.2 Å². The molecule has 3 heterocycles. The first-order valence-corrected chi connectivity index (χ1v) is 8.67. The van der Waals surface area contributed by atoms with Crippen molar-refractivity contribution in [1.29, 1.82) is 0 Å². The number of hydrogen-bond donors (Lipinski definition) is 1. The number of hydrogen-bond acceptors (Lipinski definition) is 6. The molecule has 0 atom stereocenters. The van der Waals surface area contributed by atoms with E-state index in [1.807, 2.05) is 0 Å². The number of nitrogens with zero attached hydrogens (tertiary/aromatic N) is 3. The highest BCUT2D eigenvalue weighted by Crippen LogP contribution is 2.31. The Kier molecular flexibility index (Phi) is 4.71. The SMILES string of the molecule is O=C(c1cnc(Nc2c(F)cccc2F)nc1)N1CCC2(CC1)OCCO2. The molecule has 7 nitrogen and oxygen atoms in total.